The number of amides is 1. The lowest BCUT2D eigenvalue weighted by molar-refractivity contribution is 0.102. The maximum Gasteiger partial charge on any atom is 0.259 e. The fourth-order valence-electron chi connectivity index (χ4n) is 2.81. The molecule has 0 bridgehead atoms. The molecule has 0 atom stereocenters. The van der Waals surface area contributed by atoms with E-state index in [1.165, 1.54) is 18.3 Å². The SMILES string of the molecule is Cc1ccc(NC(=O)c2cnn(-c3ccc(F)cc3)c2C(C)C)c(O)c1. The van der Waals surface area contributed by atoms with E-state index in [1.54, 1.807) is 35.0 Å². The lowest BCUT2D eigenvalue weighted by atomic mass is 10.0. The van der Waals surface area contributed by atoms with Gasteiger partial charge in [0.05, 0.1) is 28.8 Å². The Morgan fingerprint density at radius 3 is 2.50 bits per heavy atom. The summed E-state index contributed by atoms with van der Waals surface area (Å²) in [5.74, 6) is -0.675. The summed E-state index contributed by atoms with van der Waals surface area (Å²) in [6, 6.07) is 11.0. The van der Waals surface area contributed by atoms with Gasteiger partial charge in [-0.3, -0.25) is 4.79 Å². The van der Waals surface area contributed by atoms with Crippen molar-refractivity contribution in [2.24, 2.45) is 0 Å². The second-order valence-corrected chi connectivity index (χ2v) is 6.46. The maximum atomic E-state index is 13.2. The Balaban J connectivity index is 1.97. The summed E-state index contributed by atoms with van der Waals surface area (Å²) in [5.41, 5.74) is 3.02. The first-order valence-corrected chi connectivity index (χ1v) is 8.31. The number of aryl methyl sites for hydroxylation is 1. The zero-order valence-electron chi connectivity index (χ0n) is 14.8. The number of aromatic nitrogens is 2. The second kappa shape index (κ2) is 7.00. The molecule has 0 aliphatic rings. The second-order valence-electron chi connectivity index (χ2n) is 6.46. The lowest BCUT2D eigenvalue weighted by Crippen LogP contribution is -2.15. The summed E-state index contributed by atoms with van der Waals surface area (Å²) in [7, 11) is 0. The first kappa shape index (κ1) is 17.7. The van der Waals surface area contributed by atoms with Crippen LogP contribution in [0.25, 0.3) is 5.69 Å². The number of carbonyl (C=O) groups is 1. The van der Waals surface area contributed by atoms with Gasteiger partial charge in [-0.25, -0.2) is 9.07 Å². The molecule has 5 nitrogen and oxygen atoms in total. The van der Waals surface area contributed by atoms with Crippen molar-refractivity contribution >= 4 is 11.6 Å². The Morgan fingerprint density at radius 2 is 1.88 bits per heavy atom. The van der Waals surface area contributed by atoms with Gasteiger partial charge in [0, 0.05) is 0 Å². The normalized spacial score (nSPS) is 11.0. The standard InChI is InChI=1S/C20H20FN3O2/c1-12(2)19-16(11-22-24(19)15-7-5-14(21)6-8-15)20(26)23-17-9-4-13(3)10-18(17)25/h4-12,25H,1-3H3,(H,23,26). The summed E-state index contributed by atoms with van der Waals surface area (Å²) >= 11 is 0. The van der Waals surface area contributed by atoms with Crippen LogP contribution in [0.3, 0.4) is 0 Å². The largest absolute Gasteiger partial charge is 0.506 e. The van der Waals surface area contributed by atoms with E-state index in [4.69, 9.17) is 0 Å². The Kier molecular flexibility index (Phi) is 4.75. The van der Waals surface area contributed by atoms with E-state index in [1.807, 2.05) is 20.8 Å². The van der Waals surface area contributed by atoms with Crippen LogP contribution in [0.5, 0.6) is 5.75 Å². The zero-order chi connectivity index (χ0) is 18.8. The predicted molar refractivity (Wildman–Crippen MR) is 98.4 cm³/mol. The molecule has 26 heavy (non-hydrogen) atoms. The van der Waals surface area contributed by atoms with Crippen LogP contribution in [0.4, 0.5) is 10.1 Å². The van der Waals surface area contributed by atoms with Gasteiger partial charge in [-0.15, -0.1) is 0 Å². The van der Waals surface area contributed by atoms with Gasteiger partial charge in [-0.2, -0.15) is 5.10 Å². The molecular weight excluding hydrogens is 333 g/mol. The minimum Gasteiger partial charge on any atom is -0.506 e. The summed E-state index contributed by atoms with van der Waals surface area (Å²) in [5, 5.41) is 17.0. The molecule has 0 aliphatic carbocycles. The van der Waals surface area contributed by atoms with Crippen LogP contribution in [0.2, 0.25) is 0 Å². The first-order chi connectivity index (χ1) is 12.4. The minimum absolute atomic E-state index is 0.00918. The van der Waals surface area contributed by atoms with Crippen LogP contribution in [0, 0.1) is 12.7 Å². The van der Waals surface area contributed by atoms with Crippen LogP contribution in [-0.4, -0.2) is 20.8 Å². The number of carbonyl (C=O) groups excluding carboxylic acids is 1. The van der Waals surface area contributed by atoms with E-state index in [-0.39, 0.29) is 23.4 Å². The van der Waals surface area contributed by atoms with Crippen molar-refractivity contribution in [1.29, 1.82) is 0 Å². The van der Waals surface area contributed by atoms with E-state index >= 15 is 0 Å². The lowest BCUT2D eigenvalue weighted by Gasteiger charge is -2.13. The highest BCUT2D eigenvalue weighted by Crippen LogP contribution is 2.27. The van der Waals surface area contributed by atoms with Gasteiger partial charge < -0.3 is 10.4 Å². The van der Waals surface area contributed by atoms with E-state index in [2.05, 4.69) is 10.4 Å². The third-order valence-corrected chi connectivity index (χ3v) is 4.07. The molecule has 0 saturated heterocycles. The Bertz CT molecular complexity index is 946. The number of anilines is 1. The molecular formula is C20H20FN3O2. The van der Waals surface area contributed by atoms with Crippen LogP contribution < -0.4 is 5.32 Å². The van der Waals surface area contributed by atoms with Crippen molar-refractivity contribution in [2.45, 2.75) is 26.7 Å². The summed E-state index contributed by atoms with van der Waals surface area (Å²) in [4.78, 5) is 12.7. The van der Waals surface area contributed by atoms with Crippen LogP contribution in [-0.2, 0) is 0 Å². The van der Waals surface area contributed by atoms with Crippen molar-refractivity contribution in [3.05, 3.63) is 71.3 Å². The number of phenolic OH excluding ortho intramolecular Hbond substituents is 1. The zero-order valence-corrected chi connectivity index (χ0v) is 14.8. The molecule has 0 spiro atoms. The Labute approximate surface area is 151 Å². The number of hydrogen-bond acceptors (Lipinski definition) is 3. The van der Waals surface area contributed by atoms with Gasteiger partial charge in [-0.1, -0.05) is 19.9 Å². The van der Waals surface area contributed by atoms with Crippen molar-refractivity contribution in [3.63, 3.8) is 0 Å². The number of rotatable bonds is 4. The molecule has 0 fully saturated rings. The van der Waals surface area contributed by atoms with Crippen LogP contribution in [0.1, 0.15) is 41.4 Å². The number of halogens is 1. The molecule has 3 rings (SSSR count). The smallest absolute Gasteiger partial charge is 0.259 e. The monoisotopic (exact) mass is 353 g/mol. The number of benzene rings is 2. The van der Waals surface area contributed by atoms with Crippen molar-refractivity contribution in [2.75, 3.05) is 5.32 Å². The molecule has 1 amide bonds. The van der Waals surface area contributed by atoms with Crippen molar-refractivity contribution in [3.8, 4) is 11.4 Å². The summed E-state index contributed by atoms with van der Waals surface area (Å²) in [6.07, 6.45) is 1.49. The number of phenols is 1. The quantitative estimate of drug-likeness (QED) is 0.683. The van der Waals surface area contributed by atoms with Crippen molar-refractivity contribution in [1.82, 2.24) is 9.78 Å². The van der Waals surface area contributed by atoms with E-state index in [9.17, 15) is 14.3 Å². The van der Waals surface area contributed by atoms with Crippen molar-refractivity contribution < 1.29 is 14.3 Å². The molecule has 2 aromatic carbocycles. The molecule has 0 radical (unpaired) electrons. The molecule has 3 aromatic rings. The average molecular weight is 353 g/mol. The molecule has 2 N–H and O–H groups in total. The topological polar surface area (TPSA) is 67.2 Å². The molecule has 1 aromatic heterocycles. The van der Waals surface area contributed by atoms with Gasteiger partial charge in [0.25, 0.3) is 5.91 Å². The first-order valence-electron chi connectivity index (χ1n) is 8.31. The number of hydrogen-bond donors (Lipinski definition) is 2. The fraction of sp³-hybridized carbons (Fsp3) is 0.200. The minimum atomic E-state index is -0.360. The van der Waals surface area contributed by atoms with E-state index in [0.717, 1.165) is 5.56 Å². The number of nitrogens with zero attached hydrogens (tertiary/aromatic N) is 2. The highest BCUT2D eigenvalue weighted by atomic mass is 19.1. The Morgan fingerprint density at radius 1 is 1.19 bits per heavy atom. The van der Waals surface area contributed by atoms with Gasteiger partial charge in [0.15, 0.2) is 0 Å². The molecule has 0 unspecified atom stereocenters. The molecule has 1 heterocycles. The summed E-state index contributed by atoms with van der Waals surface area (Å²) in [6.45, 7) is 5.77. The molecule has 134 valence electrons. The van der Waals surface area contributed by atoms with Crippen LogP contribution >= 0.6 is 0 Å². The summed E-state index contributed by atoms with van der Waals surface area (Å²) < 4.78 is 14.8. The van der Waals surface area contributed by atoms with Gasteiger partial charge in [0.2, 0.25) is 0 Å². The van der Waals surface area contributed by atoms with Crippen LogP contribution in [0.15, 0.2) is 48.7 Å². The maximum absolute atomic E-state index is 13.2. The third kappa shape index (κ3) is 3.44. The molecule has 6 heteroatoms. The number of aromatic hydroxyl groups is 1. The number of nitrogens with one attached hydrogen (secondary N) is 1. The molecule has 0 saturated carbocycles. The van der Waals surface area contributed by atoms with Gasteiger partial charge in [0.1, 0.15) is 11.6 Å². The highest BCUT2D eigenvalue weighted by molar-refractivity contribution is 6.05. The van der Waals surface area contributed by atoms with Gasteiger partial charge >= 0.3 is 0 Å². The predicted octanol–water partition coefficient (Wildman–Crippen LogP) is 4.40. The fourth-order valence-corrected chi connectivity index (χ4v) is 2.81. The average Bonchev–Trinajstić information content (AvgIpc) is 3.03. The third-order valence-electron chi connectivity index (χ3n) is 4.07. The Hall–Kier alpha value is -3.15. The van der Waals surface area contributed by atoms with E-state index < -0.39 is 0 Å². The molecule has 0 aliphatic heterocycles. The van der Waals surface area contributed by atoms with Gasteiger partial charge in [-0.05, 0) is 54.8 Å². The van der Waals surface area contributed by atoms with E-state index in [0.29, 0.717) is 22.6 Å². The highest BCUT2D eigenvalue weighted by Gasteiger charge is 2.21.